The molecule has 160 valence electrons. The Bertz CT molecular complexity index is 1090. The fourth-order valence-corrected chi connectivity index (χ4v) is 4.82. The number of anilines is 1. The zero-order valence-corrected chi connectivity index (χ0v) is 18.3. The molecule has 2 aromatic heterocycles. The van der Waals surface area contributed by atoms with Gasteiger partial charge in [-0.25, -0.2) is 15.0 Å². The lowest BCUT2D eigenvalue weighted by molar-refractivity contribution is 0.208. The first-order valence-electron chi connectivity index (χ1n) is 10.1. The van der Waals surface area contributed by atoms with Gasteiger partial charge in [0.05, 0.1) is 27.3 Å². The van der Waals surface area contributed by atoms with E-state index < -0.39 is 10.8 Å². The number of nitrogens with zero attached hydrogens (tertiary/aromatic N) is 4. The van der Waals surface area contributed by atoms with Gasteiger partial charge in [-0.3, -0.25) is 4.21 Å². The smallest absolute Gasteiger partial charge is 0.316 e. The van der Waals surface area contributed by atoms with Crippen LogP contribution in [0.4, 0.5) is 5.82 Å². The summed E-state index contributed by atoms with van der Waals surface area (Å²) in [6, 6.07) is 9.84. The number of hydrogen-bond donors (Lipinski definition) is 0. The maximum atomic E-state index is 11.8. The Morgan fingerprint density at radius 2 is 1.87 bits per heavy atom. The van der Waals surface area contributed by atoms with Crippen molar-refractivity contribution in [3.63, 3.8) is 0 Å². The van der Waals surface area contributed by atoms with Crippen LogP contribution in [-0.2, 0) is 10.8 Å². The van der Waals surface area contributed by atoms with Gasteiger partial charge in [0.25, 0.3) is 0 Å². The van der Waals surface area contributed by atoms with Gasteiger partial charge in [0.2, 0.25) is 0 Å². The molecule has 9 heteroatoms. The Labute approximate surface area is 187 Å². The third kappa shape index (κ3) is 4.50. The minimum atomic E-state index is -1.07. The summed E-state index contributed by atoms with van der Waals surface area (Å²) in [4.78, 5) is 16.1. The molecule has 1 fully saturated rings. The van der Waals surface area contributed by atoms with Crippen molar-refractivity contribution < 1.29 is 13.7 Å². The lowest BCUT2D eigenvalue weighted by Crippen LogP contribution is -2.36. The topological polar surface area (TPSA) is 77.4 Å². The minimum Gasteiger partial charge on any atom is -0.479 e. The van der Waals surface area contributed by atoms with E-state index in [-0.39, 0.29) is 5.94 Å². The van der Waals surface area contributed by atoms with E-state index in [1.54, 1.807) is 18.6 Å². The van der Waals surface area contributed by atoms with E-state index >= 15 is 0 Å². The van der Waals surface area contributed by atoms with Crippen LogP contribution in [0.1, 0.15) is 12.8 Å². The summed E-state index contributed by atoms with van der Waals surface area (Å²) in [7, 11) is -1.07. The highest BCUT2D eigenvalue weighted by Crippen LogP contribution is 2.33. The van der Waals surface area contributed by atoms with E-state index in [0.29, 0.717) is 29.3 Å². The third-order valence-electron chi connectivity index (χ3n) is 5.57. The van der Waals surface area contributed by atoms with E-state index in [9.17, 15) is 4.21 Å². The number of piperidine rings is 1. The van der Waals surface area contributed by atoms with Gasteiger partial charge in [0.15, 0.2) is 5.94 Å². The van der Waals surface area contributed by atoms with Gasteiger partial charge in [-0.15, -0.1) is 0 Å². The summed E-state index contributed by atoms with van der Waals surface area (Å²) < 4.78 is 23.1. The van der Waals surface area contributed by atoms with Gasteiger partial charge in [-0.2, -0.15) is 0 Å². The van der Waals surface area contributed by atoms with Crippen LogP contribution in [0.2, 0.25) is 5.02 Å². The molecule has 2 aliphatic heterocycles. The fourth-order valence-electron chi connectivity index (χ4n) is 3.78. The first-order chi connectivity index (χ1) is 15.2. The molecule has 1 atom stereocenters. The first kappa shape index (κ1) is 20.2. The molecule has 0 spiro atoms. The quantitative estimate of drug-likeness (QED) is 0.575. The van der Waals surface area contributed by atoms with Gasteiger partial charge in [-0.05, 0) is 48.6 Å². The highest BCUT2D eigenvalue weighted by molar-refractivity contribution is 7.85. The molecular weight excluding hydrogens is 436 g/mol. The first-order valence-corrected chi connectivity index (χ1v) is 11.8. The number of fused-ring (bicyclic) bond motifs is 1. The number of ether oxygens (including phenoxy) is 2. The minimum absolute atomic E-state index is 0.219. The summed E-state index contributed by atoms with van der Waals surface area (Å²) in [6.45, 7) is 2.47. The maximum Gasteiger partial charge on any atom is 0.316 e. The molecule has 0 saturated carbocycles. The van der Waals surface area contributed by atoms with Crippen molar-refractivity contribution in [2.24, 2.45) is 5.92 Å². The van der Waals surface area contributed by atoms with Gasteiger partial charge in [0, 0.05) is 37.2 Å². The SMILES string of the molecule is O=[S@@]1COc2cc(-c3cnc(OCC4CCN(c5ccc(Cl)cn5)CC4)nc3)ccc21. The highest BCUT2D eigenvalue weighted by atomic mass is 35.5. The Morgan fingerprint density at radius 1 is 1.06 bits per heavy atom. The largest absolute Gasteiger partial charge is 0.479 e. The van der Waals surface area contributed by atoms with E-state index in [1.165, 1.54) is 0 Å². The lowest BCUT2D eigenvalue weighted by Gasteiger charge is -2.32. The van der Waals surface area contributed by atoms with Gasteiger partial charge < -0.3 is 14.4 Å². The van der Waals surface area contributed by atoms with E-state index in [0.717, 1.165) is 47.8 Å². The number of pyridine rings is 1. The number of rotatable bonds is 5. The van der Waals surface area contributed by atoms with Crippen LogP contribution in [0.15, 0.2) is 53.8 Å². The maximum absolute atomic E-state index is 11.8. The van der Waals surface area contributed by atoms with Crippen LogP contribution in [0.5, 0.6) is 11.8 Å². The molecule has 0 N–H and O–H groups in total. The van der Waals surface area contributed by atoms with Gasteiger partial charge >= 0.3 is 6.01 Å². The predicted octanol–water partition coefficient (Wildman–Crippen LogP) is 3.94. The average Bonchev–Trinajstić information content (AvgIpc) is 3.19. The number of benzene rings is 1. The van der Waals surface area contributed by atoms with E-state index in [1.807, 2.05) is 30.3 Å². The van der Waals surface area contributed by atoms with Crippen molar-refractivity contribution in [3.8, 4) is 22.9 Å². The molecule has 1 aromatic carbocycles. The molecule has 0 amide bonds. The molecular formula is C22H21ClN4O3S. The van der Waals surface area contributed by atoms with Crippen LogP contribution in [-0.4, -0.2) is 44.8 Å². The molecule has 7 nitrogen and oxygen atoms in total. The molecule has 0 aliphatic carbocycles. The molecule has 4 heterocycles. The second-order valence-electron chi connectivity index (χ2n) is 7.60. The molecule has 2 aliphatic rings. The Balaban J connectivity index is 1.14. The second-order valence-corrected chi connectivity index (χ2v) is 9.40. The van der Waals surface area contributed by atoms with E-state index in [2.05, 4.69) is 19.9 Å². The molecule has 0 unspecified atom stereocenters. The van der Waals surface area contributed by atoms with Gasteiger partial charge in [0.1, 0.15) is 11.6 Å². The van der Waals surface area contributed by atoms with Crippen LogP contribution < -0.4 is 14.4 Å². The van der Waals surface area contributed by atoms with Crippen molar-refractivity contribution in [1.29, 1.82) is 0 Å². The van der Waals surface area contributed by atoms with Crippen molar-refractivity contribution in [3.05, 3.63) is 53.9 Å². The fraction of sp³-hybridized carbons (Fsp3) is 0.318. The molecule has 5 rings (SSSR count). The summed E-state index contributed by atoms with van der Waals surface area (Å²) in [5, 5.41) is 0.652. The molecule has 3 aromatic rings. The number of halogens is 1. The second kappa shape index (κ2) is 8.80. The van der Waals surface area contributed by atoms with Crippen LogP contribution in [0.3, 0.4) is 0 Å². The Morgan fingerprint density at radius 3 is 2.61 bits per heavy atom. The summed E-state index contributed by atoms with van der Waals surface area (Å²) in [6.07, 6.45) is 7.22. The number of aromatic nitrogens is 3. The van der Waals surface area contributed by atoms with Crippen molar-refractivity contribution in [2.45, 2.75) is 17.7 Å². The molecule has 0 radical (unpaired) electrons. The molecule has 0 bridgehead atoms. The molecule has 1 saturated heterocycles. The average molecular weight is 457 g/mol. The monoisotopic (exact) mass is 456 g/mol. The zero-order chi connectivity index (χ0) is 21.2. The standard InChI is InChI=1S/C22H21ClN4O3S/c23-18-2-4-21(24-12-18)27-7-5-15(6-8-27)13-29-22-25-10-17(11-26-22)16-1-3-20-19(9-16)30-14-31(20)28/h1-4,9-12,15H,5-8,13-14H2/t31-/m1/s1. The van der Waals surface area contributed by atoms with Crippen molar-refractivity contribution in [2.75, 3.05) is 30.5 Å². The van der Waals surface area contributed by atoms with Crippen LogP contribution in [0.25, 0.3) is 11.1 Å². The van der Waals surface area contributed by atoms with Crippen LogP contribution in [0, 0.1) is 5.92 Å². The Hall–Kier alpha value is -2.71. The highest BCUT2D eigenvalue weighted by Gasteiger charge is 2.22. The van der Waals surface area contributed by atoms with Gasteiger partial charge in [-0.1, -0.05) is 17.7 Å². The summed E-state index contributed by atoms with van der Waals surface area (Å²) in [5.74, 6) is 2.31. The van der Waals surface area contributed by atoms with Crippen LogP contribution >= 0.6 is 11.6 Å². The van der Waals surface area contributed by atoms with E-state index in [4.69, 9.17) is 21.1 Å². The normalized spacial score (nSPS) is 18.5. The summed E-state index contributed by atoms with van der Waals surface area (Å²) in [5.41, 5.74) is 1.78. The Kier molecular flexibility index (Phi) is 5.74. The summed E-state index contributed by atoms with van der Waals surface area (Å²) >= 11 is 5.92. The lowest BCUT2D eigenvalue weighted by atomic mass is 9.98. The third-order valence-corrected chi connectivity index (χ3v) is 6.95. The van der Waals surface area contributed by atoms with Crippen molar-refractivity contribution >= 4 is 28.2 Å². The predicted molar refractivity (Wildman–Crippen MR) is 119 cm³/mol. The molecule has 31 heavy (non-hydrogen) atoms. The number of hydrogen-bond acceptors (Lipinski definition) is 7. The van der Waals surface area contributed by atoms with Crippen molar-refractivity contribution in [1.82, 2.24) is 15.0 Å². The zero-order valence-electron chi connectivity index (χ0n) is 16.7.